The summed E-state index contributed by atoms with van der Waals surface area (Å²) in [5.41, 5.74) is 3.47. The monoisotopic (exact) mass is 488 g/mol. The molecule has 0 bridgehead atoms. The van der Waals surface area contributed by atoms with Crippen molar-refractivity contribution in [2.24, 2.45) is 5.10 Å². The van der Waals surface area contributed by atoms with Crippen molar-refractivity contribution in [3.8, 4) is 0 Å². The Kier molecular flexibility index (Phi) is 5.89. The van der Waals surface area contributed by atoms with Gasteiger partial charge in [-0.2, -0.15) is 18.3 Å². The van der Waals surface area contributed by atoms with Crippen LogP contribution >= 0.6 is 0 Å². The Morgan fingerprint density at radius 3 is 2.44 bits per heavy atom. The van der Waals surface area contributed by atoms with Crippen LogP contribution in [0.2, 0.25) is 0 Å². The Balaban J connectivity index is 1.46. The average Bonchev–Trinajstić information content (AvgIpc) is 3.21. The topological polar surface area (TPSA) is 72.5 Å². The van der Waals surface area contributed by atoms with Crippen LogP contribution < -0.4 is 5.43 Å². The second-order valence-electron chi connectivity index (χ2n) is 8.22. The molecule has 0 saturated heterocycles. The molecule has 1 N–H and O–H groups in total. The standard InChI is InChI=1S/C27H19F3N4O2/c28-27(29,30)21-12-13-24(26(14-21)34(35)36)32-31-15-20-17-33(25-11-4-3-10-23(20)25)16-19-8-5-7-18-6-1-2-9-22(18)19/h1-15,17,32H,16H2/b31-15-. The molecule has 1 heterocycles. The van der Waals surface area contributed by atoms with Crippen LogP contribution in [0.25, 0.3) is 21.7 Å². The number of nitro benzene ring substituents is 1. The predicted molar refractivity (Wildman–Crippen MR) is 134 cm³/mol. The van der Waals surface area contributed by atoms with Gasteiger partial charge in [-0.15, -0.1) is 0 Å². The third kappa shape index (κ3) is 4.50. The van der Waals surface area contributed by atoms with Crippen LogP contribution in [0, 0.1) is 10.1 Å². The first-order valence-electron chi connectivity index (χ1n) is 11.0. The van der Waals surface area contributed by atoms with Crippen molar-refractivity contribution in [2.45, 2.75) is 12.7 Å². The summed E-state index contributed by atoms with van der Waals surface area (Å²) in [6.45, 7) is 0.619. The zero-order valence-corrected chi connectivity index (χ0v) is 18.7. The first kappa shape index (κ1) is 23.1. The number of halogens is 3. The molecule has 0 saturated carbocycles. The van der Waals surface area contributed by atoms with E-state index in [2.05, 4.69) is 39.4 Å². The number of hydrogen-bond acceptors (Lipinski definition) is 4. The smallest absolute Gasteiger partial charge is 0.342 e. The van der Waals surface area contributed by atoms with Crippen molar-refractivity contribution >= 4 is 39.3 Å². The lowest BCUT2D eigenvalue weighted by Gasteiger charge is -2.09. The number of nitrogens with one attached hydrogen (secondary N) is 1. The number of rotatable bonds is 6. The predicted octanol–water partition coefficient (Wildman–Crippen LogP) is 7.22. The minimum absolute atomic E-state index is 0.135. The fourth-order valence-corrected chi connectivity index (χ4v) is 4.25. The van der Waals surface area contributed by atoms with E-state index in [-0.39, 0.29) is 5.69 Å². The number of para-hydroxylation sites is 1. The third-order valence-corrected chi connectivity index (χ3v) is 5.95. The molecule has 5 rings (SSSR count). The van der Waals surface area contributed by atoms with E-state index in [0.717, 1.165) is 44.9 Å². The van der Waals surface area contributed by atoms with E-state index in [1.54, 1.807) is 0 Å². The highest BCUT2D eigenvalue weighted by atomic mass is 19.4. The molecule has 1 aromatic heterocycles. The fraction of sp³-hybridized carbons (Fsp3) is 0.0741. The number of aromatic nitrogens is 1. The fourth-order valence-electron chi connectivity index (χ4n) is 4.25. The Hall–Kier alpha value is -4.66. The molecular weight excluding hydrogens is 469 g/mol. The molecule has 0 fully saturated rings. The molecule has 180 valence electrons. The summed E-state index contributed by atoms with van der Waals surface area (Å²) in [6, 6.07) is 24.4. The molecule has 36 heavy (non-hydrogen) atoms. The molecule has 4 aromatic carbocycles. The van der Waals surface area contributed by atoms with Crippen LogP contribution in [-0.2, 0) is 12.7 Å². The number of alkyl halides is 3. The summed E-state index contributed by atoms with van der Waals surface area (Å²) < 4.78 is 41.0. The maximum Gasteiger partial charge on any atom is 0.416 e. The first-order valence-corrected chi connectivity index (χ1v) is 11.0. The van der Waals surface area contributed by atoms with Crippen molar-refractivity contribution in [3.63, 3.8) is 0 Å². The van der Waals surface area contributed by atoms with Crippen LogP contribution in [0.15, 0.2) is 96.2 Å². The van der Waals surface area contributed by atoms with Gasteiger partial charge >= 0.3 is 6.18 Å². The van der Waals surface area contributed by atoms with Crippen molar-refractivity contribution in [3.05, 3.63) is 118 Å². The lowest BCUT2D eigenvalue weighted by Crippen LogP contribution is -2.06. The molecule has 0 spiro atoms. The van der Waals surface area contributed by atoms with Gasteiger partial charge in [-0.25, -0.2) is 0 Å². The van der Waals surface area contributed by atoms with E-state index in [1.807, 2.05) is 48.7 Å². The SMILES string of the molecule is O=[N+]([O-])c1cc(C(F)(F)F)ccc1N/N=C\c1cn(Cc2cccc3ccccc23)c2ccccc12. The van der Waals surface area contributed by atoms with Gasteiger partial charge in [0.1, 0.15) is 5.69 Å². The Morgan fingerprint density at radius 1 is 0.944 bits per heavy atom. The molecule has 0 atom stereocenters. The zero-order chi connectivity index (χ0) is 25.3. The summed E-state index contributed by atoms with van der Waals surface area (Å²) in [5, 5.41) is 18.6. The van der Waals surface area contributed by atoms with Gasteiger partial charge in [-0.3, -0.25) is 15.5 Å². The van der Waals surface area contributed by atoms with Crippen LogP contribution in [-0.4, -0.2) is 15.7 Å². The molecule has 0 aliphatic rings. The Bertz CT molecular complexity index is 1620. The molecule has 6 nitrogen and oxygen atoms in total. The van der Waals surface area contributed by atoms with Gasteiger partial charge in [0.25, 0.3) is 5.69 Å². The minimum Gasteiger partial charge on any atom is -0.342 e. The van der Waals surface area contributed by atoms with E-state index in [4.69, 9.17) is 0 Å². The Morgan fingerprint density at radius 2 is 1.67 bits per heavy atom. The molecule has 0 aliphatic carbocycles. The van der Waals surface area contributed by atoms with E-state index in [1.165, 1.54) is 6.21 Å². The van der Waals surface area contributed by atoms with E-state index < -0.39 is 22.4 Å². The molecule has 0 aliphatic heterocycles. The summed E-state index contributed by atoms with van der Waals surface area (Å²) in [7, 11) is 0. The quantitative estimate of drug-likeness (QED) is 0.156. The largest absolute Gasteiger partial charge is 0.416 e. The van der Waals surface area contributed by atoms with Crippen molar-refractivity contribution in [1.29, 1.82) is 0 Å². The molecule has 5 aromatic rings. The molecule has 9 heteroatoms. The van der Waals surface area contributed by atoms with Gasteiger partial charge in [0.2, 0.25) is 0 Å². The van der Waals surface area contributed by atoms with E-state index in [0.29, 0.717) is 12.6 Å². The van der Waals surface area contributed by atoms with Crippen LogP contribution in [0.3, 0.4) is 0 Å². The van der Waals surface area contributed by atoms with Gasteiger partial charge in [0, 0.05) is 35.3 Å². The van der Waals surface area contributed by atoms with Gasteiger partial charge in [0.05, 0.1) is 16.7 Å². The van der Waals surface area contributed by atoms with Crippen LogP contribution in [0.1, 0.15) is 16.7 Å². The number of benzene rings is 4. The third-order valence-electron chi connectivity index (χ3n) is 5.95. The number of nitrogens with zero attached hydrogens (tertiary/aromatic N) is 3. The van der Waals surface area contributed by atoms with Crippen LogP contribution in [0.4, 0.5) is 24.5 Å². The second kappa shape index (κ2) is 9.18. The summed E-state index contributed by atoms with van der Waals surface area (Å²) in [6.07, 6.45) is -1.25. The summed E-state index contributed by atoms with van der Waals surface area (Å²) in [5.74, 6) is 0. The number of hydrazone groups is 1. The highest BCUT2D eigenvalue weighted by molar-refractivity contribution is 5.99. The normalized spacial score (nSPS) is 12.0. The van der Waals surface area contributed by atoms with Gasteiger partial charge in [-0.1, -0.05) is 60.7 Å². The summed E-state index contributed by atoms with van der Waals surface area (Å²) in [4.78, 5) is 10.5. The highest BCUT2D eigenvalue weighted by Gasteiger charge is 2.33. The molecule has 0 amide bonds. The molecule has 0 unspecified atom stereocenters. The van der Waals surface area contributed by atoms with E-state index in [9.17, 15) is 23.3 Å². The number of nitro groups is 1. The van der Waals surface area contributed by atoms with Gasteiger partial charge in [0.15, 0.2) is 0 Å². The zero-order valence-electron chi connectivity index (χ0n) is 18.7. The highest BCUT2D eigenvalue weighted by Crippen LogP contribution is 2.35. The van der Waals surface area contributed by atoms with Gasteiger partial charge in [-0.05, 0) is 34.5 Å². The van der Waals surface area contributed by atoms with Crippen LogP contribution in [0.5, 0.6) is 0 Å². The second-order valence-corrected chi connectivity index (χ2v) is 8.22. The van der Waals surface area contributed by atoms with Crippen molar-refractivity contribution < 1.29 is 18.1 Å². The average molecular weight is 488 g/mol. The maximum absolute atomic E-state index is 13.0. The van der Waals surface area contributed by atoms with E-state index >= 15 is 0 Å². The lowest BCUT2D eigenvalue weighted by atomic mass is 10.0. The Labute approximate surface area is 203 Å². The first-order chi connectivity index (χ1) is 17.3. The molecule has 0 radical (unpaired) electrons. The lowest BCUT2D eigenvalue weighted by molar-refractivity contribution is -0.384. The number of fused-ring (bicyclic) bond motifs is 2. The van der Waals surface area contributed by atoms with Crippen molar-refractivity contribution in [2.75, 3.05) is 5.43 Å². The minimum atomic E-state index is -4.68. The summed E-state index contributed by atoms with van der Waals surface area (Å²) >= 11 is 0. The number of anilines is 1. The van der Waals surface area contributed by atoms with Crippen molar-refractivity contribution in [1.82, 2.24) is 4.57 Å². The molecular formula is C27H19F3N4O2. The van der Waals surface area contributed by atoms with Gasteiger partial charge < -0.3 is 4.57 Å². The number of hydrogen-bond donors (Lipinski definition) is 1. The maximum atomic E-state index is 13.0.